The number of allylic oxidation sites excluding steroid dienone is 2. The average Bonchev–Trinajstić information content (AvgIpc) is 3.24. The van der Waals surface area contributed by atoms with Gasteiger partial charge in [0.25, 0.3) is 5.91 Å². The molecule has 6 nitrogen and oxygen atoms in total. The molecule has 5 rings (SSSR count). The van der Waals surface area contributed by atoms with Crippen LogP contribution in [0.1, 0.15) is 70.2 Å². The number of alkyl halides is 3. The lowest BCUT2D eigenvalue weighted by Gasteiger charge is -2.19. The minimum absolute atomic E-state index is 0.0495. The number of carboxylic acids is 1. The standard InChI is InChI=1S/C36H35F3N2O4/c1-20-6-13-29(31(16-20)35(43)44)25-9-7-24(8-10-25)19-41-23(4)21(2)30-17-26(11-15-32(30)41)34(42)40-22(3)28-14-12-27(36(37,38)39)18-33(28)45-5/h7-18,20,22H,6,19H2,1-5H3,(H,40,42)(H,43,44). The van der Waals surface area contributed by atoms with E-state index in [9.17, 15) is 27.9 Å². The molecule has 2 atom stereocenters. The summed E-state index contributed by atoms with van der Waals surface area (Å²) in [4.78, 5) is 25.1. The van der Waals surface area contributed by atoms with Crippen molar-refractivity contribution in [2.24, 2.45) is 5.92 Å². The summed E-state index contributed by atoms with van der Waals surface area (Å²) in [5, 5.41) is 13.5. The van der Waals surface area contributed by atoms with Gasteiger partial charge in [-0.2, -0.15) is 13.2 Å². The molecule has 1 amide bonds. The highest BCUT2D eigenvalue weighted by atomic mass is 19.4. The van der Waals surface area contributed by atoms with Crippen LogP contribution in [0.4, 0.5) is 13.2 Å². The van der Waals surface area contributed by atoms with Gasteiger partial charge in [-0.1, -0.05) is 49.4 Å². The van der Waals surface area contributed by atoms with Gasteiger partial charge in [-0.05, 0) is 85.7 Å². The Balaban J connectivity index is 1.35. The highest BCUT2D eigenvalue weighted by Crippen LogP contribution is 2.36. The van der Waals surface area contributed by atoms with Crippen LogP contribution < -0.4 is 10.1 Å². The van der Waals surface area contributed by atoms with Crippen LogP contribution in [0.3, 0.4) is 0 Å². The molecule has 1 heterocycles. The molecule has 0 radical (unpaired) electrons. The highest BCUT2D eigenvalue weighted by molar-refractivity contribution is 6.05. The smallest absolute Gasteiger partial charge is 0.416 e. The number of aromatic nitrogens is 1. The molecule has 1 aliphatic carbocycles. The van der Waals surface area contributed by atoms with Gasteiger partial charge >= 0.3 is 12.1 Å². The summed E-state index contributed by atoms with van der Waals surface area (Å²) in [5.74, 6) is -1.05. The van der Waals surface area contributed by atoms with E-state index >= 15 is 0 Å². The molecule has 0 spiro atoms. The second kappa shape index (κ2) is 12.3. The van der Waals surface area contributed by atoms with E-state index in [-0.39, 0.29) is 17.6 Å². The van der Waals surface area contributed by atoms with Gasteiger partial charge in [0.05, 0.1) is 24.3 Å². The monoisotopic (exact) mass is 616 g/mol. The Morgan fingerprint density at radius 3 is 2.42 bits per heavy atom. The molecule has 234 valence electrons. The number of hydrogen-bond donors (Lipinski definition) is 2. The molecule has 1 aromatic heterocycles. The second-order valence-corrected chi connectivity index (χ2v) is 11.6. The van der Waals surface area contributed by atoms with Crippen LogP contribution in [-0.4, -0.2) is 28.7 Å². The zero-order valence-corrected chi connectivity index (χ0v) is 25.8. The van der Waals surface area contributed by atoms with Gasteiger partial charge in [0.1, 0.15) is 5.75 Å². The number of halogens is 3. The summed E-state index contributed by atoms with van der Waals surface area (Å²) in [6, 6.07) is 16.0. The first-order valence-corrected chi connectivity index (χ1v) is 14.7. The first kappa shape index (κ1) is 31.6. The number of amides is 1. The maximum Gasteiger partial charge on any atom is 0.416 e. The van der Waals surface area contributed by atoms with Crippen molar-refractivity contribution < 1.29 is 32.6 Å². The maximum atomic E-state index is 13.3. The molecule has 0 saturated heterocycles. The van der Waals surface area contributed by atoms with Crippen molar-refractivity contribution in [1.82, 2.24) is 9.88 Å². The third kappa shape index (κ3) is 6.38. The number of carboxylic acid groups (broad SMARTS) is 1. The Bertz CT molecular complexity index is 1850. The van der Waals surface area contributed by atoms with E-state index < -0.39 is 23.8 Å². The Labute approximate surface area is 259 Å². The number of fused-ring (bicyclic) bond motifs is 1. The van der Waals surface area contributed by atoms with E-state index in [1.807, 2.05) is 69.3 Å². The fourth-order valence-electron chi connectivity index (χ4n) is 5.89. The number of carbonyl (C=O) groups is 2. The normalized spacial score (nSPS) is 15.8. The molecule has 0 saturated carbocycles. The van der Waals surface area contributed by atoms with Crippen molar-refractivity contribution >= 4 is 28.4 Å². The minimum Gasteiger partial charge on any atom is -0.496 e. The van der Waals surface area contributed by atoms with Gasteiger partial charge in [-0.25, -0.2) is 4.79 Å². The van der Waals surface area contributed by atoms with E-state index in [2.05, 4.69) is 9.88 Å². The molecule has 4 aromatic rings. The first-order valence-electron chi connectivity index (χ1n) is 14.7. The Kier molecular flexibility index (Phi) is 8.65. The molecule has 3 aromatic carbocycles. The van der Waals surface area contributed by atoms with Crippen LogP contribution in [0.15, 0.2) is 78.4 Å². The number of aliphatic carboxylic acids is 1. The van der Waals surface area contributed by atoms with Crippen LogP contribution in [0.2, 0.25) is 0 Å². The van der Waals surface area contributed by atoms with E-state index in [0.717, 1.165) is 57.4 Å². The first-order chi connectivity index (χ1) is 21.3. The predicted octanol–water partition coefficient (Wildman–Crippen LogP) is 8.26. The molecule has 2 unspecified atom stereocenters. The lowest BCUT2D eigenvalue weighted by Crippen LogP contribution is -2.27. The molecule has 9 heteroatoms. The molecular weight excluding hydrogens is 581 g/mol. The molecule has 0 aliphatic heterocycles. The molecule has 2 N–H and O–H groups in total. The van der Waals surface area contributed by atoms with Crippen LogP contribution in [0, 0.1) is 19.8 Å². The fourth-order valence-corrected chi connectivity index (χ4v) is 5.89. The number of ether oxygens (including phenoxy) is 1. The minimum atomic E-state index is -4.50. The number of carbonyl (C=O) groups excluding carboxylic acids is 1. The van der Waals surface area contributed by atoms with Gasteiger partial charge in [0.15, 0.2) is 0 Å². The van der Waals surface area contributed by atoms with Gasteiger partial charge in [0.2, 0.25) is 0 Å². The number of rotatable bonds is 8. The van der Waals surface area contributed by atoms with Gasteiger partial charge in [-0.3, -0.25) is 4.79 Å². The number of aryl methyl sites for hydroxylation is 1. The predicted molar refractivity (Wildman–Crippen MR) is 168 cm³/mol. The van der Waals surface area contributed by atoms with Crippen molar-refractivity contribution in [2.45, 2.75) is 52.9 Å². The molecule has 0 fully saturated rings. The summed E-state index contributed by atoms with van der Waals surface area (Å²) >= 11 is 0. The topological polar surface area (TPSA) is 80.6 Å². The number of methoxy groups -OCH3 is 1. The highest BCUT2D eigenvalue weighted by Gasteiger charge is 2.32. The van der Waals surface area contributed by atoms with Crippen molar-refractivity contribution in [3.8, 4) is 5.75 Å². The third-order valence-electron chi connectivity index (χ3n) is 8.55. The van der Waals surface area contributed by atoms with Gasteiger partial charge in [0, 0.05) is 34.3 Å². The van der Waals surface area contributed by atoms with Crippen molar-refractivity contribution in [2.75, 3.05) is 7.11 Å². The number of hydrogen-bond acceptors (Lipinski definition) is 3. The van der Waals surface area contributed by atoms with Gasteiger partial charge < -0.3 is 19.7 Å². The molecule has 45 heavy (non-hydrogen) atoms. The van der Waals surface area contributed by atoms with Crippen molar-refractivity contribution in [1.29, 1.82) is 0 Å². The Morgan fingerprint density at radius 1 is 1.07 bits per heavy atom. The van der Waals surface area contributed by atoms with Crippen molar-refractivity contribution in [3.05, 3.63) is 117 Å². The second-order valence-electron chi connectivity index (χ2n) is 11.6. The van der Waals surface area contributed by atoms with E-state index in [1.165, 1.54) is 13.2 Å². The zero-order chi connectivity index (χ0) is 32.6. The number of nitrogens with one attached hydrogen (secondary N) is 1. The van der Waals surface area contributed by atoms with Crippen LogP contribution in [0.5, 0.6) is 5.75 Å². The van der Waals surface area contributed by atoms with Crippen molar-refractivity contribution in [3.63, 3.8) is 0 Å². The third-order valence-corrected chi connectivity index (χ3v) is 8.55. The summed E-state index contributed by atoms with van der Waals surface area (Å²) in [6.07, 6.45) is 0.0950. The Hall–Kier alpha value is -4.79. The summed E-state index contributed by atoms with van der Waals surface area (Å²) in [6.45, 7) is 8.32. The lowest BCUT2D eigenvalue weighted by molar-refractivity contribution is -0.137. The average molecular weight is 617 g/mol. The SMILES string of the molecule is COc1cc(C(F)(F)F)ccc1C(C)NC(=O)c1ccc2c(c1)c(C)c(C)n2Cc1ccc(C2=CCC(C)C=C2C(=O)O)cc1. The maximum absolute atomic E-state index is 13.3. The quantitative estimate of drug-likeness (QED) is 0.209. The van der Waals surface area contributed by atoms with Crippen LogP contribution in [-0.2, 0) is 17.5 Å². The van der Waals surface area contributed by atoms with Crippen LogP contribution in [0.25, 0.3) is 16.5 Å². The Morgan fingerprint density at radius 2 is 1.78 bits per heavy atom. The van der Waals surface area contributed by atoms with E-state index in [4.69, 9.17) is 4.74 Å². The summed E-state index contributed by atoms with van der Waals surface area (Å²) < 4.78 is 46.9. The molecular formula is C36H35F3N2O4. The largest absolute Gasteiger partial charge is 0.496 e. The zero-order valence-electron chi connectivity index (χ0n) is 25.8. The lowest BCUT2D eigenvalue weighted by atomic mass is 9.87. The number of nitrogens with zero attached hydrogens (tertiary/aromatic N) is 1. The molecule has 0 bridgehead atoms. The van der Waals surface area contributed by atoms with E-state index in [0.29, 0.717) is 23.2 Å². The number of benzene rings is 3. The summed E-state index contributed by atoms with van der Waals surface area (Å²) in [5.41, 5.74) is 6.08. The van der Waals surface area contributed by atoms with E-state index in [1.54, 1.807) is 13.0 Å². The summed E-state index contributed by atoms with van der Waals surface area (Å²) in [7, 11) is 1.30. The fraction of sp³-hybridized carbons (Fsp3) is 0.278. The van der Waals surface area contributed by atoms with Gasteiger partial charge in [-0.15, -0.1) is 0 Å². The van der Waals surface area contributed by atoms with Crippen LogP contribution >= 0.6 is 0 Å². The molecule has 1 aliphatic rings.